The van der Waals surface area contributed by atoms with Gasteiger partial charge in [0.15, 0.2) is 0 Å². The lowest BCUT2D eigenvalue weighted by Gasteiger charge is -2.07. The van der Waals surface area contributed by atoms with E-state index in [1.165, 1.54) is 0 Å². The molecular weight excluding hydrogens is 319 g/mol. The Morgan fingerprint density at radius 3 is 2.68 bits per heavy atom. The van der Waals surface area contributed by atoms with Crippen LogP contribution in [-0.4, -0.2) is 15.0 Å². The van der Waals surface area contributed by atoms with Crippen LogP contribution in [0.4, 0.5) is 5.95 Å². The molecule has 1 aromatic carbocycles. The molecule has 0 aliphatic carbocycles. The third kappa shape index (κ3) is 3.53. The van der Waals surface area contributed by atoms with Crippen LogP contribution in [0.5, 0.6) is 0 Å². The summed E-state index contributed by atoms with van der Waals surface area (Å²) in [6, 6.07) is 11.2. The van der Waals surface area contributed by atoms with Gasteiger partial charge in [-0.3, -0.25) is 4.98 Å². The number of aromatic nitrogens is 3. The molecule has 0 bridgehead atoms. The average molecular weight is 331 g/mol. The molecule has 0 aliphatic rings. The molecular formula is C16H12Cl2N4. The molecule has 0 atom stereocenters. The van der Waals surface area contributed by atoms with Crippen LogP contribution in [0.25, 0.3) is 11.3 Å². The van der Waals surface area contributed by atoms with Crippen molar-refractivity contribution in [2.75, 3.05) is 5.32 Å². The summed E-state index contributed by atoms with van der Waals surface area (Å²) in [5.41, 5.74) is 2.77. The molecule has 3 rings (SSSR count). The molecule has 22 heavy (non-hydrogen) atoms. The molecule has 0 aliphatic heterocycles. The summed E-state index contributed by atoms with van der Waals surface area (Å²) < 4.78 is 0. The fourth-order valence-corrected chi connectivity index (χ4v) is 2.27. The highest BCUT2D eigenvalue weighted by atomic mass is 35.5. The number of hydrogen-bond donors (Lipinski definition) is 1. The van der Waals surface area contributed by atoms with Crippen LogP contribution in [0.15, 0.2) is 55.0 Å². The molecule has 110 valence electrons. The van der Waals surface area contributed by atoms with E-state index in [1.54, 1.807) is 24.7 Å². The predicted octanol–water partition coefficient (Wildman–Crippen LogP) is 4.46. The maximum Gasteiger partial charge on any atom is 0.223 e. The lowest BCUT2D eigenvalue weighted by atomic mass is 10.2. The van der Waals surface area contributed by atoms with E-state index in [4.69, 9.17) is 23.2 Å². The van der Waals surface area contributed by atoms with Crippen molar-refractivity contribution in [1.82, 2.24) is 15.0 Å². The van der Waals surface area contributed by atoms with Crippen molar-refractivity contribution in [1.29, 1.82) is 0 Å². The minimum atomic E-state index is 0.533. The van der Waals surface area contributed by atoms with Crippen molar-refractivity contribution in [2.45, 2.75) is 6.54 Å². The quantitative estimate of drug-likeness (QED) is 0.767. The Morgan fingerprint density at radius 1 is 1.00 bits per heavy atom. The zero-order valence-corrected chi connectivity index (χ0v) is 13.0. The summed E-state index contributed by atoms with van der Waals surface area (Å²) in [6.45, 7) is 0.563. The normalized spacial score (nSPS) is 10.5. The minimum absolute atomic E-state index is 0.533. The van der Waals surface area contributed by atoms with E-state index in [0.29, 0.717) is 22.5 Å². The largest absolute Gasteiger partial charge is 0.350 e. The van der Waals surface area contributed by atoms with Gasteiger partial charge in [-0.1, -0.05) is 29.3 Å². The summed E-state index contributed by atoms with van der Waals surface area (Å²) >= 11 is 11.9. The molecule has 2 aromatic heterocycles. The van der Waals surface area contributed by atoms with Crippen molar-refractivity contribution in [3.8, 4) is 11.3 Å². The number of anilines is 1. The lowest BCUT2D eigenvalue weighted by molar-refractivity contribution is 1.06. The molecule has 0 saturated carbocycles. The molecule has 0 unspecified atom stereocenters. The molecule has 1 N–H and O–H groups in total. The van der Waals surface area contributed by atoms with Gasteiger partial charge in [-0.25, -0.2) is 9.97 Å². The number of pyridine rings is 1. The smallest absolute Gasteiger partial charge is 0.223 e. The standard InChI is InChI=1S/C16H12Cl2N4/c17-13-4-3-11(8-14(13)18)9-21-16-20-7-5-15(22-16)12-2-1-6-19-10-12/h1-8,10H,9H2,(H,20,21,22). The first-order chi connectivity index (χ1) is 10.7. The van der Waals surface area contributed by atoms with Crippen LogP contribution in [0, 0.1) is 0 Å². The highest BCUT2D eigenvalue weighted by Gasteiger charge is 2.03. The van der Waals surface area contributed by atoms with Crippen LogP contribution in [-0.2, 0) is 6.54 Å². The summed E-state index contributed by atoms with van der Waals surface area (Å²) in [4.78, 5) is 12.8. The second-order valence-electron chi connectivity index (χ2n) is 4.61. The first kappa shape index (κ1) is 14.8. The van der Waals surface area contributed by atoms with Crippen molar-refractivity contribution in [2.24, 2.45) is 0 Å². The van der Waals surface area contributed by atoms with Crippen LogP contribution in [0.1, 0.15) is 5.56 Å². The van der Waals surface area contributed by atoms with Crippen molar-refractivity contribution in [3.63, 3.8) is 0 Å². The second kappa shape index (κ2) is 6.73. The SMILES string of the molecule is Clc1ccc(CNc2nccc(-c3cccnc3)n2)cc1Cl. The maximum atomic E-state index is 6.00. The monoisotopic (exact) mass is 330 g/mol. The van der Waals surface area contributed by atoms with Crippen LogP contribution in [0.3, 0.4) is 0 Å². The Bertz CT molecular complexity index is 778. The molecule has 6 heteroatoms. The fourth-order valence-electron chi connectivity index (χ4n) is 1.95. The summed E-state index contributed by atoms with van der Waals surface area (Å²) in [7, 11) is 0. The zero-order valence-electron chi connectivity index (χ0n) is 11.5. The molecule has 0 spiro atoms. The van der Waals surface area contributed by atoms with Gasteiger partial charge in [-0.2, -0.15) is 0 Å². The third-order valence-electron chi connectivity index (χ3n) is 3.05. The van der Waals surface area contributed by atoms with E-state index in [9.17, 15) is 0 Å². The van der Waals surface area contributed by atoms with E-state index in [0.717, 1.165) is 16.8 Å². The van der Waals surface area contributed by atoms with Gasteiger partial charge in [-0.05, 0) is 35.9 Å². The van der Waals surface area contributed by atoms with Gasteiger partial charge in [-0.15, -0.1) is 0 Å². The van der Waals surface area contributed by atoms with Gasteiger partial charge >= 0.3 is 0 Å². The predicted molar refractivity (Wildman–Crippen MR) is 89.1 cm³/mol. The van der Waals surface area contributed by atoms with Gasteiger partial charge in [0.1, 0.15) is 0 Å². The van der Waals surface area contributed by atoms with Crippen LogP contribution in [0.2, 0.25) is 10.0 Å². The topological polar surface area (TPSA) is 50.7 Å². The van der Waals surface area contributed by atoms with Gasteiger partial charge in [0, 0.05) is 30.7 Å². The Hall–Kier alpha value is -2.17. The third-order valence-corrected chi connectivity index (χ3v) is 3.79. The highest BCUT2D eigenvalue weighted by molar-refractivity contribution is 6.42. The Kier molecular flexibility index (Phi) is 4.51. The summed E-state index contributed by atoms with van der Waals surface area (Å²) in [5.74, 6) is 0.549. The van der Waals surface area contributed by atoms with E-state index >= 15 is 0 Å². The molecule has 0 fully saturated rings. The number of hydrogen-bond acceptors (Lipinski definition) is 4. The molecule has 2 heterocycles. The van der Waals surface area contributed by atoms with Crippen LogP contribution < -0.4 is 5.32 Å². The first-order valence-corrected chi connectivity index (χ1v) is 7.39. The number of benzene rings is 1. The van der Waals surface area contributed by atoms with Gasteiger partial charge in [0.05, 0.1) is 15.7 Å². The summed E-state index contributed by atoms with van der Waals surface area (Å²) in [5, 5.41) is 4.25. The molecule has 0 saturated heterocycles. The molecule has 0 amide bonds. The highest BCUT2D eigenvalue weighted by Crippen LogP contribution is 2.23. The Balaban J connectivity index is 1.74. The molecule has 4 nitrogen and oxygen atoms in total. The Morgan fingerprint density at radius 2 is 1.91 bits per heavy atom. The Labute approximate surface area is 138 Å². The van der Waals surface area contributed by atoms with E-state index in [2.05, 4.69) is 20.3 Å². The number of nitrogens with one attached hydrogen (secondary N) is 1. The fraction of sp³-hybridized carbons (Fsp3) is 0.0625. The molecule has 3 aromatic rings. The van der Waals surface area contributed by atoms with Crippen molar-refractivity contribution in [3.05, 3.63) is 70.6 Å². The van der Waals surface area contributed by atoms with Crippen LogP contribution >= 0.6 is 23.2 Å². The lowest BCUT2D eigenvalue weighted by Crippen LogP contribution is -2.04. The minimum Gasteiger partial charge on any atom is -0.350 e. The van der Waals surface area contributed by atoms with Gasteiger partial charge < -0.3 is 5.32 Å². The first-order valence-electron chi connectivity index (χ1n) is 6.63. The summed E-state index contributed by atoms with van der Waals surface area (Å²) in [6.07, 6.45) is 5.21. The van der Waals surface area contributed by atoms with E-state index in [1.807, 2.05) is 30.3 Å². The maximum absolute atomic E-state index is 6.00. The van der Waals surface area contributed by atoms with Gasteiger partial charge in [0.25, 0.3) is 0 Å². The van der Waals surface area contributed by atoms with Gasteiger partial charge in [0.2, 0.25) is 5.95 Å². The van der Waals surface area contributed by atoms with Crippen molar-refractivity contribution < 1.29 is 0 Å². The molecule has 0 radical (unpaired) electrons. The number of rotatable bonds is 4. The number of nitrogens with zero attached hydrogens (tertiary/aromatic N) is 3. The van der Waals surface area contributed by atoms with Crippen molar-refractivity contribution >= 4 is 29.2 Å². The second-order valence-corrected chi connectivity index (χ2v) is 5.42. The number of halogens is 2. The van der Waals surface area contributed by atoms with E-state index < -0.39 is 0 Å². The zero-order chi connectivity index (χ0) is 15.4. The average Bonchev–Trinajstić information content (AvgIpc) is 2.57. The van der Waals surface area contributed by atoms with E-state index in [-0.39, 0.29) is 0 Å².